The molecule has 0 radical (unpaired) electrons. The molecule has 8 heteroatoms. The molecular weight excluding hydrogens is 285 g/mol. The van der Waals surface area contributed by atoms with Gasteiger partial charge in [-0.15, -0.1) is 0 Å². The maximum atomic E-state index is 12.4. The molecule has 1 amide bonds. The topological polar surface area (TPSA) is 59.3 Å². The van der Waals surface area contributed by atoms with E-state index >= 15 is 0 Å². The maximum absolute atomic E-state index is 12.4. The lowest BCUT2D eigenvalue weighted by molar-refractivity contribution is -0.141. The first-order valence-corrected chi connectivity index (χ1v) is 6.82. The predicted octanol–water partition coefficient (Wildman–Crippen LogP) is 2.58. The van der Waals surface area contributed by atoms with Crippen molar-refractivity contribution in [3.63, 3.8) is 0 Å². The molecule has 1 saturated carbocycles. The Labute approximate surface area is 120 Å². The predicted molar refractivity (Wildman–Crippen MR) is 70.4 cm³/mol. The quantitative estimate of drug-likeness (QED) is 0.872. The average Bonchev–Trinajstić information content (AvgIpc) is 2.86. The molecule has 0 unspecified atom stereocenters. The van der Waals surface area contributed by atoms with Crippen LogP contribution >= 0.6 is 0 Å². The number of nitrogens with one attached hydrogen (secondary N) is 1. The highest BCUT2D eigenvalue weighted by molar-refractivity contribution is 5.88. The maximum Gasteiger partial charge on any atom is 0.435 e. The summed E-state index contributed by atoms with van der Waals surface area (Å²) in [4.78, 5) is 11.7. The second kappa shape index (κ2) is 6.28. The number of carbonyl (C=O) groups is 1. The zero-order valence-electron chi connectivity index (χ0n) is 11.7. The zero-order valence-corrected chi connectivity index (χ0v) is 11.7. The van der Waals surface area contributed by atoms with Gasteiger partial charge in [-0.25, -0.2) is 5.43 Å². The number of alkyl halides is 3. The lowest BCUT2D eigenvalue weighted by Gasteiger charge is -2.19. The van der Waals surface area contributed by atoms with Crippen LogP contribution in [-0.4, -0.2) is 21.4 Å². The molecule has 1 atom stereocenters. The normalized spacial score (nSPS) is 21.5. The largest absolute Gasteiger partial charge is 0.435 e. The van der Waals surface area contributed by atoms with Crippen LogP contribution in [0.1, 0.15) is 38.3 Å². The van der Waals surface area contributed by atoms with E-state index < -0.39 is 17.8 Å². The second-order valence-corrected chi connectivity index (χ2v) is 5.18. The van der Waals surface area contributed by atoms with Gasteiger partial charge in [-0.1, -0.05) is 13.3 Å². The first kappa shape index (κ1) is 15.5. The van der Waals surface area contributed by atoms with Gasteiger partial charge in [-0.3, -0.25) is 9.48 Å². The molecule has 0 spiro atoms. The van der Waals surface area contributed by atoms with Crippen LogP contribution in [0.15, 0.2) is 17.4 Å². The number of hydrazone groups is 1. The smallest absolute Gasteiger partial charge is 0.271 e. The van der Waals surface area contributed by atoms with Crippen LogP contribution in [0.25, 0.3) is 0 Å². The van der Waals surface area contributed by atoms with E-state index in [1.165, 1.54) is 0 Å². The molecule has 1 aliphatic rings. The van der Waals surface area contributed by atoms with Crippen LogP contribution in [0.3, 0.4) is 0 Å². The van der Waals surface area contributed by atoms with Crippen molar-refractivity contribution in [1.82, 2.24) is 15.2 Å². The summed E-state index contributed by atoms with van der Waals surface area (Å²) >= 11 is 0. The summed E-state index contributed by atoms with van der Waals surface area (Å²) in [6, 6.07) is 0.836. The van der Waals surface area contributed by atoms with Crippen LogP contribution in [0, 0.1) is 5.92 Å². The van der Waals surface area contributed by atoms with Gasteiger partial charge in [0.15, 0.2) is 5.69 Å². The molecule has 116 valence electrons. The van der Waals surface area contributed by atoms with Crippen molar-refractivity contribution in [2.24, 2.45) is 11.0 Å². The molecule has 5 nitrogen and oxygen atoms in total. The Morgan fingerprint density at radius 1 is 1.52 bits per heavy atom. The van der Waals surface area contributed by atoms with Gasteiger partial charge in [0.1, 0.15) is 6.54 Å². The van der Waals surface area contributed by atoms with Gasteiger partial charge in [0.2, 0.25) is 0 Å². The molecule has 1 heterocycles. The van der Waals surface area contributed by atoms with Gasteiger partial charge in [-0.05, 0) is 31.2 Å². The lowest BCUT2D eigenvalue weighted by atomic mass is 9.89. The molecule has 1 aliphatic carbocycles. The number of amides is 1. The van der Waals surface area contributed by atoms with E-state index in [9.17, 15) is 18.0 Å². The van der Waals surface area contributed by atoms with Crippen molar-refractivity contribution in [3.8, 4) is 0 Å². The standard InChI is InChI=1S/C13H17F3N4O/c1-9-4-2-3-5-10(9)17-18-12(21)8-20-7-6-11(19-20)13(14,15)16/h6-7,9H,2-5,8H2,1H3,(H,18,21)/t9-/m1/s1. The van der Waals surface area contributed by atoms with Crippen molar-refractivity contribution >= 4 is 11.6 Å². The number of hydrogen-bond donors (Lipinski definition) is 1. The lowest BCUT2D eigenvalue weighted by Crippen LogP contribution is -2.27. The Kier molecular flexibility index (Phi) is 4.64. The van der Waals surface area contributed by atoms with Gasteiger partial charge in [0, 0.05) is 11.9 Å². The van der Waals surface area contributed by atoms with Crippen molar-refractivity contribution in [2.45, 2.75) is 45.3 Å². The third-order valence-electron chi connectivity index (χ3n) is 3.45. The van der Waals surface area contributed by atoms with Crippen LogP contribution in [0.4, 0.5) is 13.2 Å². The van der Waals surface area contributed by atoms with E-state index in [2.05, 4.69) is 15.6 Å². The first-order valence-electron chi connectivity index (χ1n) is 6.82. The fourth-order valence-corrected chi connectivity index (χ4v) is 2.25. The molecule has 0 aromatic carbocycles. The number of halogens is 3. The molecule has 2 rings (SSSR count). The van der Waals surface area contributed by atoms with Crippen molar-refractivity contribution < 1.29 is 18.0 Å². The molecule has 21 heavy (non-hydrogen) atoms. The van der Waals surface area contributed by atoms with Crippen LogP contribution in [-0.2, 0) is 17.5 Å². The van der Waals surface area contributed by atoms with Gasteiger partial charge in [-0.2, -0.15) is 23.4 Å². The SMILES string of the molecule is C[C@@H]1CCCCC1=NNC(=O)Cn1ccc(C(F)(F)F)n1. The third kappa shape index (κ3) is 4.30. The minimum atomic E-state index is -4.50. The molecule has 1 aromatic rings. The molecule has 0 bridgehead atoms. The average molecular weight is 302 g/mol. The second-order valence-electron chi connectivity index (χ2n) is 5.18. The van der Waals surface area contributed by atoms with Gasteiger partial charge >= 0.3 is 6.18 Å². The Hall–Kier alpha value is -1.86. The van der Waals surface area contributed by atoms with Gasteiger partial charge in [0.05, 0.1) is 0 Å². The number of carbonyl (C=O) groups excluding carboxylic acids is 1. The Morgan fingerprint density at radius 3 is 2.90 bits per heavy atom. The Morgan fingerprint density at radius 2 is 2.29 bits per heavy atom. The summed E-state index contributed by atoms with van der Waals surface area (Å²) in [5, 5.41) is 7.38. The molecule has 1 aromatic heterocycles. The Balaban J connectivity index is 1.90. The number of aromatic nitrogens is 2. The van der Waals surface area contributed by atoms with Crippen LogP contribution in [0.2, 0.25) is 0 Å². The van der Waals surface area contributed by atoms with E-state index in [1.54, 1.807) is 0 Å². The molecule has 0 saturated heterocycles. The summed E-state index contributed by atoms with van der Waals surface area (Å²) in [5.41, 5.74) is 2.31. The van der Waals surface area contributed by atoms with Gasteiger partial charge in [0.25, 0.3) is 5.91 Å². The van der Waals surface area contributed by atoms with E-state index in [-0.39, 0.29) is 6.54 Å². The van der Waals surface area contributed by atoms with Crippen molar-refractivity contribution in [2.75, 3.05) is 0 Å². The summed E-state index contributed by atoms with van der Waals surface area (Å²) in [6.45, 7) is 1.76. The van der Waals surface area contributed by atoms with E-state index in [1.807, 2.05) is 6.92 Å². The van der Waals surface area contributed by atoms with E-state index in [0.717, 1.165) is 48.3 Å². The van der Waals surface area contributed by atoms with E-state index in [4.69, 9.17) is 0 Å². The zero-order chi connectivity index (χ0) is 15.5. The van der Waals surface area contributed by atoms with Gasteiger partial charge < -0.3 is 0 Å². The fraction of sp³-hybridized carbons (Fsp3) is 0.615. The summed E-state index contributed by atoms with van der Waals surface area (Å²) in [5.74, 6) is -0.155. The van der Waals surface area contributed by atoms with Crippen LogP contribution < -0.4 is 5.43 Å². The van der Waals surface area contributed by atoms with E-state index in [0.29, 0.717) is 5.92 Å². The highest BCUT2D eigenvalue weighted by Gasteiger charge is 2.33. The monoisotopic (exact) mass is 302 g/mol. The highest BCUT2D eigenvalue weighted by Crippen LogP contribution is 2.27. The molecule has 0 aliphatic heterocycles. The van der Waals surface area contributed by atoms with Crippen LogP contribution in [0.5, 0.6) is 0 Å². The molecule has 1 fully saturated rings. The number of nitrogens with zero attached hydrogens (tertiary/aromatic N) is 3. The number of hydrogen-bond acceptors (Lipinski definition) is 3. The minimum absolute atomic E-state index is 0.290. The summed E-state index contributed by atoms with van der Waals surface area (Å²) < 4.78 is 38.1. The van der Waals surface area contributed by atoms with Crippen molar-refractivity contribution in [1.29, 1.82) is 0 Å². The highest BCUT2D eigenvalue weighted by atomic mass is 19.4. The molecule has 1 N–H and O–H groups in total. The number of rotatable bonds is 3. The van der Waals surface area contributed by atoms with Crippen molar-refractivity contribution in [3.05, 3.63) is 18.0 Å². The Bertz CT molecular complexity index is 536. The fourth-order valence-electron chi connectivity index (χ4n) is 2.25. The summed E-state index contributed by atoms with van der Waals surface area (Å²) in [7, 11) is 0. The third-order valence-corrected chi connectivity index (χ3v) is 3.45. The molecular formula is C13H17F3N4O. The minimum Gasteiger partial charge on any atom is -0.271 e. The first-order chi connectivity index (χ1) is 9.86. The summed E-state index contributed by atoms with van der Waals surface area (Å²) in [6.07, 6.45) is 0.720.